The van der Waals surface area contributed by atoms with Gasteiger partial charge in [0.25, 0.3) is 0 Å². The largest absolute Gasteiger partial charge is 0.469 e. The zero-order valence-corrected chi connectivity index (χ0v) is 9.55. The number of hydrogen-bond acceptors (Lipinski definition) is 3. The van der Waals surface area contributed by atoms with Crippen molar-refractivity contribution in [2.75, 3.05) is 7.11 Å². The number of carbonyl (C=O) groups is 1. The summed E-state index contributed by atoms with van der Waals surface area (Å²) in [5, 5.41) is 10.4. The van der Waals surface area contributed by atoms with Gasteiger partial charge in [-0.2, -0.15) is 0 Å². The molecule has 0 fully saturated rings. The highest BCUT2D eigenvalue weighted by Gasteiger charge is 2.14. The normalized spacial score (nSPS) is 12.3. The second-order valence-corrected chi connectivity index (χ2v) is 3.78. The van der Waals surface area contributed by atoms with Crippen LogP contribution in [0.15, 0.2) is 18.2 Å². The molecule has 1 N–H and O–H groups in total. The summed E-state index contributed by atoms with van der Waals surface area (Å²) in [7, 11) is 1.27. The summed E-state index contributed by atoms with van der Waals surface area (Å²) >= 11 is 11.5. The molecule has 0 bridgehead atoms. The summed E-state index contributed by atoms with van der Waals surface area (Å²) in [6.45, 7) is 0. The molecule has 0 unspecified atom stereocenters. The second kappa shape index (κ2) is 5.35. The van der Waals surface area contributed by atoms with Crippen LogP contribution in [-0.4, -0.2) is 18.2 Å². The number of methoxy groups -OCH3 is 1. The summed E-state index contributed by atoms with van der Waals surface area (Å²) in [5.74, 6) is -0.478. The highest BCUT2D eigenvalue weighted by atomic mass is 35.5. The van der Waals surface area contributed by atoms with E-state index in [0.717, 1.165) is 0 Å². The van der Waals surface area contributed by atoms with Crippen molar-refractivity contribution in [2.24, 2.45) is 0 Å². The summed E-state index contributed by atoms with van der Waals surface area (Å²) in [4.78, 5) is 10.9. The fourth-order valence-electron chi connectivity index (χ4n) is 1.08. The first-order chi connectivity index (χ1) is 7.04. The molecule has 0 heterocycles. The van der Waals surface area contributed by atoms with E-state index < -0.39 is 12.1 Å². The standard InChI is InChI=1S/C10H10Cl2O3/c1-15-10(14)5-9(13)6-2-3-7(11)8(12)4-6/h2-4,9,13H,5H2,1H3/t9-/m1/s1. The predicted molar refractivity (Wildman–Crippen MR) is 58.1 cm³/mol. The molecule has 0 saturated heterocycles. The Morgan fingerprint density at radius 3 is 2.67 bits per heavy atom. The monoisotopic (exact) mass is 248 g/mol. The minimum Gasteiger partial charge on any atom is -0.469 e. The minimum atomic E-state index is -0.924. The smallest absolute Gasteiger partial charge is 0.308 e. The Bertz CT molecular complexity index is 366. The summed E-state index contributed by atoms with van der Waals surface area (Å²) in [5.41, 5.74) is 0.537. The lowest BCUT2D eigenvalue weighted by atomic mass is 10.1. The van der Waals surface area contributed by atoms with Gasteiger partial charge in [-0.25, -0.2) is 0 Å². The van der Waals surface area contributed by atoms with E-state index in [0.29, 0.717) is 15.6 Å². The molecule has 15 heavy (non-hydrogen) atoms. The van der Waals surface area contributed by atoms with E-state index in [-0.39, 0.29) is 6.42 Å². The van der Waals surface area contributed by atoms with Crippen LogP contribution in [0.4, 0.5) is 0 Å². The van der Waals surface area contributed by atoms with Crippen molar-refractivity contribution >= 4 is 29.2 Å². The van der Waals surface area contributed by atoms with Crippen LogP contribution in [-0.2, 0) is 9.53 Å². The lowest BCUT2D eigenvalue weighted by Gasteiger charge is -2.10. The molecule has 0 radical (unpaired) electrons. The van der Waals surface area contributed by atoms with Gasteiger partial charge in [0.05, 0.1) is 29.7 Å². The van der Waals surface area contributed by atoms with Gasteiger partial charge in [-0.15, -0.1) is 0 Å². The number of halogens is 2. The zero-order valence-electron chi connectivity index (χ0n) is 8.04. The molecule has 82 valence electrons. The first-order valence-electron chi connectivity index (χ1n) is 4.24. The molecule has 1 atom stereocenters. The molecule has 0 aliphatic heterocycles. The Labute approximate surface area is 97.6 Å². The first kappa shape index (κ1) is 12.3. The van der Waals surface area contributed by atoms with E-state index >= 15 is 0 Å². The average molecular weight is 249 g/mol. The van der Waals surface area contributed by atoms with Gasteiger partial charge in [0.2, 0.25) is 0 Å². The molecule has 1 rings (SSSR count). The topological polar surface area (TPSA) is 46.5 Å². The number of hydrogen-bond donors (Lipinski definition) is 1. The summed E-state index contributed by atoms with van der Waals surface area (Å²) in [6.07, 6.45) is -1.03. The zero-order chi connectivity index (χ0) is 11.4. The third-order valence-corrected chi connectivity index (χ3v) is 2.66. The first-order valence-corrected chi connectivity index (χ1v) is 5.00. The van der Waals surface area contributed by atoms with Crippen molar-refractivity contribution in [1.82, 2.24) is 0 Å². The SMILES string of the molecule is COC(=O)C[C@@H](O)c1ccc(Cl)c(Cl)c1. The van der Waals surface area contributed by atoms with Gasteiger partial charge in [-0.3, -0.25) is 4.79 Å². The maximum absolute atomic E-state index is 10.9. The van der Waals surface area contributed by atoms with Gasteiger partial charge >= 0.3 is 5.97 Å². The van der Waals surface area contributed by atoms with Gasteiger partial charge < -0.3 is 9.84 Å². The molecule has 0 amide bonds. The maximum Gasteiger partial charge on any atom is 0.308 e. The fraction of sp³-hybridized carbons (Fsp3) is 0.300. The van der Waals surface area contributed by atoms with Crippen LogP contribution in [0, 0.1) is 0 Å². The number of carbonyl (C=O) groups excluding carboxylic acids is 1. The summed E-state index contributed by atoms with van der Waals surface area (Å²) in [6, 6.07) is 4.71. The fourth-order valence-corrected chi connectivity index (χ4v) is 1.39. The highest BCUT2D eigenvalue weighted by Crippen LogP contribution is 2.26. The number of esters is 1. The third-order valence-electron chi connectivity index (χ3n) is 1.92. The Kier molecular flexibility index (Phi) is 4.39. The Morgan fingerprint density at radius 1 is 1.47 bits per heavy atom. The van der Waals surface area contributed by atoms with E-state index in [9.17, 15) is 9.90 Å². The Hall–Kier alpha value is -0.770. The van der Waals surface area contributed by atoms with Crippen molar-refractivity contribution in [3.63, 3.8) is 0 Å². The minimum absolute atomic E-state index is 0.103. The third kappa shape index (κ3) is 3.38. The van der Waals surface area contributed by atoms with E-state index in [2.05, 4.69) is 4.74 Å². The van der Waals surface area contributed by atoms with Gasteiger partial charge in [0.1, 0.15) is 0 Å². The van der Waals surface area contributed by atoms with Crippen LogP contribution in [0.1, 0.15) is 18.1 Å². The predicted octanol–water partition coefficient (Wildman–Crippen LogP) is 2.59. The van der Waals surface area contributed by atoms with Gasteiger partial charge in [0.15, 0.2) is 0 Å². The van der Waals surface area contributed by atoms with E-state index in [1.165, 1.54) is 13.2 Å². The van der Waals surface area contributed by atoms with Crippen molar-refractivity contribution in [3.8, 4) is 0 Å². The molecule has 0 aliphatic rings. The average Bonchev–Trinajstić information content (AvgIpc) is 2.21. The lowest BCUT2D eigenvalue weighted by Crippen LogP contribution is -2.07. The molecule has 0 aliphatic carbocycles. The van der Waals surface area contributed by atoms with Crippen molar-refractivity contribution < 1.29 is 14.6 Å². The van der Waals surface area contributed by atoms with Gasteiger partial charge in [0, 0.05) is 0 Å². The second-order valence-electron chi connectivity index (χ2n) is 2.97. The molecule has 3 nitrogen and oxygen atoms in total. The quantitative estimate of drug-likeness (QED) is 0.837. The van der Waals surface area contributed by atoms with Crippen LogP contribution in [0.25, 0.3) is 0 Å². The number of benzene rings is 1. The lowest BCUT2D eigenvalue weighted by molar-refractivity contribution is -0.142. The van der Waals surface area contributed by atoms with Crippen LogP contribution in [0.5, 0.6) is 0 Å². The van der Waals surface area contributed by atoms with E-state index in [4.69, 9.17) is 23.2 Å². The van der Waals surface area contributed by atoms with Crippen LogP contribution in [0.3, 0.4) is 0 Å². The van der Waals surface area contributed by atoms with Crippen molar-refractivity contribution in [2.45, 2.75) is 12.5 Å². The number of aliphatic hydroxyl groups excluding tert-OH is 1. The van der Waals surface area contributed by atoms with Crippen molar-refractivity contribution in [3.05, 3.63) is 33.8 Å². The highest BCUT2D eigenvalue weighted by molar-refractivity contribution is 6.42. The van der Waals surface area contributed by atoms with E-state index in [1.807, 2.05) is 0 Å². The molecular weight excluding hydrogens is 239 g/mol. The number of rotatable bonds is 3. The number of aliphatic hydroxyl groups is 1. The molecular formula is C10H10Cl2O3. The Morgan fingerprint density at radius 2 is 2.13 bits per heavy atom. The molecule has 5 heteroatoms. The van der Waals surface area contributed by atoms with Crippen molar-refractivity contribution in [1.29, 1.82) is 0 Å². The van der Waals surface area contributed by atoms with E-state index in [1.54, 1.807) is 12.1 Å². The van der Waals surface area contributed by atoms with Crippen LogP contribution >= 0.6 is 23.2 Å². The van der Waals surface area contributed by atoms with Crippen LogP contribution < -0.4 is 0 Å². The maximum atomic E-state index is 10.9. The Balaban J connectivity index is 2.78. The molecule has 0 spiro atoms. The molecule has 1 aromatic carbocycles. The molecule has 0 aromatic heterocycles. The molecule has 0 saturated carbocycles. The summed E-state index contributed by atoms with van der Waals surface area (Å²) < 4.78 is 4.44. The number of ether oxygens (including phenoxy) is 1. The molecule has 1 aromatic rings. The van der Waals surface area contributed by atoms with Crippen LogP contribution in [0.2, 0.25) is 10.0 Å². The van der Waals surface area contributed by atoms with Gasteiger partial charge in [-0.05, 0) is 17.7 Å². The van der Waals surface area contributed by atoms with Gasteiger partial charge in [-0.1, -0.05) is 29.3 Å².